The van der Waals surface area contributed by atoms with E-state index in [1.54, 1.807) is 14.2 Å². The van der Waals surface area contributed by atoms with Gasteiger partial charge in [-0.25, -0.2) is 0 Å². The summed E-state index contributed by atoms with van der Waals surface area (Å²) in [5.74, 6) is 1.53. The van der Waals surface area contributed by atoms with Crippen LogP contribution in [0.15, 0.2) is 18.2 Å². The molecule has 0 unspecified atom stereocenters. The molecule has 2 aliphatic rings. The molecule has 1 N–H and O–H groups in total. The standard InChI is InChI=1S/C20H27N3O3/c1-25-15-7-8-18(26-2)16(12-15)17-6-5-11-23(17)13-19(24)22-20(14-21)9-3-4-10-20/h7-8,12,17H,3-6,9-11,13H2,1-2H3,(H,22,24)/t17-/m0/s1. The first-order valence-corrected chi connectivity index (χ1v) is 9.29. The zero-order valence-electron chi connectivity index (χ0n) is 15.6. The van der Waals surface area contributed by atoms with E-state index in [0.717, 1.165) is 62.1 Å². The maximum Gasteiger partial charge on any atom is 0.235 e. The van der Waals surface area contributed by atoms with Gasteiger partial charge in [0.25, 0.3) is 0 Å². The number of methoxy groups -OCH3 is 2. The van der Waals surface area contributed by atoms with E-state index in [1.165, 1.54) is 0 Å². The van der Waals surface area contributed by atoms with Gasteiger partial charge in [0, 0.05) is 11.6 Å². The van der Waals surface area contributed by atoms with E-state index in [9.17, 15) is 10.1 Å². The number of hydrogen-bond acceptors (Lipinski definition) is 5. The van der Waals surface area contributed by atoms with E-state index < -0.39 is 5.54 Å². The smallest absolute Gasteiger partial charge is 0.235 e. The quantitative estimate of drug-likeness (QED) is 0.847. The Hall–Kier alpha value is -2.26. The Bertz CT molecular complexity index is 692. The van der Waals surface area contributed by atoms with E-state index in [2.05, 4.69) is 16.3 Å². The van der Waals surface area contributed by atoms with Gasteiger partial charge in [0.15, 0.2) is 0 Å². The zero-order valence-corrected chi connectivity index (χ0v) is 15.6. The second-order valence-electron chi connectivity index (χ2n) is 7.19. The van der Waals surface area contributed by atoms with Crippen LogP contribution < -0.4 is 14.8 Å². The van der Waals surface area contributed by atoms with Gasteiger partial charge in [0.1, 0.15) is 17.0 Å². The molecule has 1 saturated heterocycles. The Morgan fingerprint density at radius 3 is 2.73 bits per heavy atom. The number of benzene rings is 1. The molecule has 1 aliphatic heterocycles. The molecule has 1 saturated carbocycles. The average Bonchev–Trinajstić information content (AvgIpc) is 3.31. The molecular formula is C20H27N3O3. The summed E-state index contributed by atoms with van der Waals surface area (Å²) >= 11 is 0. The number of nitrogens with zero attached hydrogens (tertiary/aromatic N) is 2. The summed E-state index contributed by atoms with van der Waals surface area (Å²) in [6, 6.07) is 8.22. The Morgan fingerprint density at radius 1 is 1.31 bits per heavy atom. The molecule has 6 nitrogen and oxygen atoms in total. The number of nitrogens with one attached hydrogen (secondary N) is 1. The third-order valence-electron chi connectivity index (χ3n) is 5.56. The van der Waals surface area contributed by atoms with Crippen LogP contribution in [0, 0.1) is 11.3 Å². The summed E-state index contributed by atoms with van der Waals surface area (Å²) in [5.41, 5.74) is 0.382. The summed E-state index contributed by atoms with van der Waals surface area (Å²) in [5, 5.41) is 12.5. The van der Waals surface area contributed by atoms with Gasteiger partial charge in [0.2, 0.25) is 5.91 Å². The molecule has 1 amide bonds. The summed E-state index contributed by atoms with van der Waals surface area (Å²) in [4.78, 5) is 14.8. The average molecular weight is 357 g/mol. The van der Waals surface area contributed by atoms with Crippen molar-refractivity contribution in [1.29, 1.82) is 5.26 Å². The van der Waals surface area contributed by atoms with Crippen molar-refractivity contribution in [2.75, 3.05) is 27.3 Å². The fourth-order valence-electron chi connectivity index (χ4n) is 4.20. The van der Waals surface area contributed by atoms with Crippen molar-refractivity contribution in [3.63, 3.8) is 0 Å². The van der Waals surface area contributed by atoms with Crippen molar-refractivity contribution in [3.05, 3.63) is 23.8 Å². The third kappa shape index (κ3) is 3.78. The number of amides is 1. The Labute approximate surface area is 155 Å². The number of carbonyl (C=O) groups excluding carboxylic acids is 1. The first kappa shape index (κ1) is 18.5. The number of likely N-dealkylation sites (tertiary alicyclic amines) is 1. The van der Waals surface area contributed by atoms with Crippen LogP contribution >= 0.6 is 0 Å². The van der Waals surface area contributed by atoms with Gasteiger partial charge in [-0.1, -0.05) is 0 Å². The van der Waals surface area contributed by atoms with Gasteiger partial charge < -0.3 is 14.8 Å². The summed E-state index contributed by atoms with van der Waals surface area (Å²) < 4.78 is 10.9. The van der Waals surface area contributed by atoms with Crippen molar-refractivity contribution < 1.29 is 14.3 Å². The molecule has 140 valence electrons. The number of nitriles is 1. The largest absolute Gasteiger partial charge is 0.497 e. The van der Waals surface area contributed by atoms with Crippen LogP contribution in [0.4, 0.5) is 0 Å². The molecule has 1 aromatic carbocycles. The van der Waals surface area contributed by atoms with Crippen molar-refractivity contribution in [2.24, 2.45) is 0 Å². The predicted molar refractivity (Wildman–Crippen MR) is 98.0 cm³/mol. The number of ether oxygens (including phenoxy) is 2. The fraction of sp³-hybridized carbons (Fsp3) is 0.600. The van der Waals surface area contributed by atoms with Gasteiger partial charge in [-0.15, -0.1) is 0 Å². The van der Waals surface area contributed by atoms with Crippen molar-refractivity contribution in [1.82, 2.24) is 10.2 Å². The molecule has 26 heavy (non-hydrogen) atoms. The molecule has 1 atom stereocenters. The van der Waals surface area contributed by atoms with Crippen molar-refractivity contribution in [2.45, 2.75) is 50.1 Å². The first-order chi connectivity index (χ1) is 12.6. The predicted octanol–water partition coefficient (Wildman–Crippen LogP) is 2.79. The Kier molecular flexibility index (Phi) is 5.67. The van der Waals surface area contributed by atoms with E-state index in [1.807, 2.05) is 18.2 Å². The zero-order chi connectivity index (χ0) is 18.6. The van der Waals surface area contributed by atoms with Crippen LogP contribution in [0.25, 0.3) is 0 Å². The maximum absolute atomic E-state index is 12.6. The lowest BCUT2D eigenvalue weighted by Gasteiger charge is -2.28. The molecule has 1 aliphatic carbocycles. The highest BCUT2D eigenvalue weighted by molar-refractivity contribution is 5.79. The van der Waals surface area contributed by atoms with E-state index in [-0.39, 0.29) is 11.9 Å². The van der Waals surface area contributed by atoms with Gasteiger partial charge >= 0.3 is 0 Å². The second kappa shape index (κ2) is 7.96. The van der Waals surface area contributed by atoms with Crippen LogP contribution in [0.3, 0.4) is 0 Å². The number of hydrogen-bond donors (Lipinski definition) is 1. The van der Waals surface area contributed by atoms with Crippen molar-refractivity contribution >= 4 is 5.91 Å². The molecule has 6 heteroatoms. The van der Waals surface area contributed by atoms with Crippen LogP contribution in [0.5, 0.6) is 11.5 Å². The van der Waals surface area contributed by atoms with Gasteiger partial charge in [0.05, 0.1) is 26.8 Å². The van der Waals surface area contributed by atoms with Crippen molar-refractivity contribution in [3.8, 4) is 17.6 Å². The second-order valence-corrected chi connectivity index (χ2v) is 7.19. The lowest BCUT2D eigenvalue weighted by atomic mass is 10.00. The Morgan fingerprint density at radius 2 is 2.08 bits per heavy atom. The van der Waals surface area contributed by atoms with Gasteiger partial charge in [-0.05, 0) is 63.3 Å². The first-order valence-electron chi connectivity index (χ1n) is 9.29. The van der Waals surface area contributed by atoms with Gasteiger partial charge in [-0.2, -0.15) is 5.26 Å². The molecule has 0 aromatic heterocycles. The molecule has 0 bridgehead atoms. The molecule has 1 heterocycles. The minimum Gasteiger partial charge on any atom is -0.497 e. The topological polar surface area (TPSA) is 74.6 Å². The van der Waals surface area contributed by atoms with E-state index in [4.69, 9.17) is 9.47 Å². The highest BCUT2D eigenvalue weighted by Crippen LogP contribution is 2.38. The third-order valence-corrected chi connectivity index (χ3v) is 5.56. The van der Waals surface area contributed by atoms with Crippen LogP contribution in [-0.2, 0) is 4.79 Å². The molecule has 1 aromatic rings. The Balaban J connectivity index is 1.72. The minimum atomic E-state index is -0.667. The highest BCUT2D eigenvalue weighted by atomic mass is 16.5. The van der Waals surface area contributed by atoms with Crippen LogP contribution in [0.1, 0.15) is 50.1 Å². The minimum absolute atomic E-state index is 0.0674. The summed E-state index contributed by atoms with van der Waals surface area (Å²) in [6.45, 7) is 1.16. The maximum atomic E-state index is 12.6. The SMILES string of the molecule is COc1ccc(OC)c([C@@H]2CCCN2CC(=O)NC2(C#N)CCCC2)c1. The number of rotatable bonds is 6. The molecular weight excluding hydrogens is 330 g/mol. The lowest BCUT2D eigenvalue weighted by molar-refractivity contribution is -0.123. The van der Waals surface area contributed by atoms with Crippen LogP contribution in [0.2, 0.25) is 0 Å². The summed E-state index contributed by atoms with van der Waals surface area (Å²) in [7, 11) is 3.31. The lowest BCUT2D eigenvalue weighted by Crippen LogP contribution is -2.48. The monoisotopic (exact) mass is 357 g/mol. The number of carbonyl (C=O) groups is 1. The summed E-state index contributed by atoms with van der Waals surface area (Å²) in [6.07, 6.45) is 5.51. The normalized spacial score (nSPS) is 22.0. The molecule has 0 radical (unpaired) electrons. The van der Waals surface area contributed by atoms with Crippen LogP contribution in [-0.4, -0.2) is 43.7 Å². The van der Waals surface area contributed by atoms with E-state index >= 15 is 0 Å². The highest BCUT2D eigenvalue weighted by Gasteiger charge is 2.37. The van der Waals surface area contributed by atoms with E-state index in [0.29, 0.717) is 6.54 Å². The molecule has 0 spiro atoms. The molecule has 3 rings (SSSR count). The molecule has 2 fully saturated rings. The van der Waals surface area contributed by atoms with Gasteiger partial charge in [-0.3, -0.25) is 9.69 Å². The fourth-order valence-corrected chi connectivity index (χ4v) is 4.20.